The molecule has 0 heterocycles. The second-order valence-electron chi connectivity index (χ2n) is 25.5. The number of carbonyl (C=O) groups excluding carboxylic acids is 1. The number of phosphoric acid groups is 1. The Bertz CT molecular complexity index is 2030. The van der Waals surface area contributed by atoms with Gasteiger partial charge in [0.25, 0.3) is 7.82 Å². The number of rotatable bonds is 66. The van der Waals surface area contributed by atoms with Gasteiger partial charge in [0.05, 0.1) is 39.9 Å². The summed E-state index contributed by atoms with van der Waals surface area (Å²) in [6, 6.07) is -0.928. The Hall–Kier alpha value is -3.88. The molecule has 514 valence electrons. The van der Waals surface area contributed by atoms with Gasteiger partial charge in [0.2, 0.25) is 5.91 Å². The third-order valence-electron chi connectivity index (χ3n) is 15.7. The van der Waals surface area contributed by atoms with Crippen molar-refractivity contribution in [1.29, 1.82) is 0 Å². The van der Waals surface area contributed by atoms with Gasteiger partial charge in [0, 0.05) is 6.42 Å². The highest BCUT2D eigenvalue weighted by Crippen LogP contribution is 2.38. The predicted octanol–water partition coefficient (Wildman–Crippen LogP) is 23.5. The van der Waals surface area contributed by atoms with Crippen molar-refractivity contribution >= 4 is 13.7 Å². The maximum atomic E-state index is 13.0. The molecule has 0 rings (SSSR count). The van der Waals surface area contributed by atoms with Crippen molar-refractivity contribution in [3.63, 3.8) is 0 Å². The number of quaternary nitrogens is 1. The van der Waals surface area contributed by atoms with Gasteiger partial charge in [-0.05, 0) is 122 Å². The minimum atomic E-state index is -4.63. The van der Waals surface area contributed by atoms with E-state index in [-0.39, 0.29) is 12.5 Å². The summed E-state index contributed by atoms with van der Waals surface area (Å²) in [7, 11) is 1.21. The Balaban J connectivity index is 4.19. The van der Waals surface area contributed by atoms with Crippen LogP contribution in [-0.4, -0.2) is 68.5 Å². The lowest BCUT2D eigenvalue weighted by Crippen LogP contribution is -2.45. The zero-order valence-corrected chi connectivity index (χ0v) is 59.7. The second kappa shape index (κ2) is 69.5. The summed E-state index contributed by atoms with van der Waals surface area (Å²) in [4.78, 5) is 25.7. The molecule has 0 aliphatic heterocycles. The molecule has 0 spiro atoms. The smallest absolute Gasteiger partial charge is 0.268 e. The summed E-state index contributed by atoms with van der Waals surface area (Å²) in [5, 5.41) is 13.9. The summed E-state index contributed by atoms with van der Waals surface area (Å²) >= 11 is 0. The minimum absolute atomic E-state index is 0.0185. The van der Waals surface area contributed by atoms with Gasteiger partial charge < -0.3 is 28.8 Å². The van der Waals surface area contributed by atoms with Gasteiger partial charge in [-0.3, -0.25) is 9.36 Å². The highest BCUT2D eigenvalue weighted by molar-refractivity contribution is 7.45. The zero-order chi connectivity index (χ0) is 65.5. The number of phosphoric ester groups is 1. The van der Waals surface area contributed by atoms with Gasteiger partial charge in [-0.15, -0.1) is 0 Å². The number of amides is 1. The van der Waals surface area contributed by atoms with Crippen molar-refractivity contribution in [1.82, 2.24) is 5.32 Å². The molecule has 8 nitrogen and oxygen atoms in total. The average Bonchev–Trinajstić information content (AvgIpc) is 3.72. The number of aliphatic hydroxyl groups is 1. The number of hydrogen-bond donors (Lipinski definition) is 2. The van der Waals surface area contributed by atoms with Crippen LogP contribution in [0.5, 0.6) is 0 Å². The molecular formula is C81H139N2O6P. The Morgan fingerprint density at radius 1 is 0.400 bits per heavy atom. The maximum Gasteiger partial charge on any atom is 0.268 e. The van der Waals surface area contributed by atoms with E-state index in [0.29, 0.717) is 17.4 Å². The fourth-order valence-corrected chi connectivity index (χ4v) is 10.8. The Morgan fingerprint density at radius 2 is 0.689 bits per heavy atom. The first-order chi connectivity index (χ1) is 44.0. The van der Waals surface area contributed by atoms with E-state index in [9.17, 15) is 19.4 Å². The average molecular weight is 1270 g/mol. The Labute approximate surface area is 556 Å². The summed E-state index contributed by atoms with van der Waals surface area (Å²) < 4.78 is 23.4. The van der Waals surface area contributed by atoms with E-state index in [4.69, 9.17) is 9.05 Å². The third kappa shape index (κ3) is 71.6. The van der Waals surface area contributed by atoms with Crippen molar-refractivity contribution in [2.24, 2.45) is 0 Å². The zero-order valence-electron chi connectivity index (χ0n) is 58.8. The SMILES string of the molecule is CC/C=C\C/C=C\C/C=C\C/C=C\C/C=C\C/C=C\C/C=C\C/C=C\C/C=C\C/C=C\CCCCCCCCCCC(=O)NC(COP(=O)([O-])OCC[N+](C)(C)C)C(O)/C=C/CC/C=C/CC/C=C/CCCCCCCCCCCCCCCCCCCCC. The number of carbonyl (C=O) groups is 1. The molecule has 2 N–H and O–H groups in total. The molecule has 0 aromatic rings. The van der Waals surface area contributed by atoms with Crippen molar-refractivity contribution < 1.29 is 32.9 Å². The summed E-state index contributed by atoms with van der Waals surface area (Å²) in [6.07, 6.45) is 108. The van der Waals surface area contributed by atoms with Crippen LogP contribution < -0.4 is 10.2 Å². The lowest BCUT2D eigenvalue weighted by atomic mass is 10.0. The van der Waals surface area contributed by atoms with E-state index in [1.807, 2.05) is 27.2 Å². The molecule has 0 saturated carbocycles. The van der Waals surface area contributed by atoms with Crippen LogP contribution in [0.15, 0.2) is 158 Å². The molecule has 0 aliphatic carbocycles. The Kier molecular flexibility index (Phi) is 66.5. The number of aliphatic hydroxyl groups excluding tert-OH is 1. The lowest BCUT2D eigenvalue weighted by Gasteiger charge is -2.29. The quantitative estimate of drug-likeness (QED) is 0.0272. The third-order valence-corrected chi connectivity index (χ3v) is 16.7. The lowest BCUT2D eigenvalue weighted by molar-refractivity contribution is -0.870. The van der Waals surface area contributed by atoms with E-state index in [0.717, 1.165) is 122 Å². The fraction of sp³-hybridized carbons (Fsp3) is 0.667. The van der Waals surface area contributed by atoms with Crippen LogP contribution in [0.4, 0.5) is 0 Å². The number of hydrogen-bond acceptors (Lipinski definition) is 6. The maximum absolute atomic E-state index is 13.0. The van der Waals surface area contributed by atoms with Crippen LogP contribution in [0.1, 0.15) is 296 Å². The molecule has 0 radical (unpaired) electrons. The first-order valence-electron chi connectivity index (χ1n) is 36.8. The first kappa shape index (κ1) is 86.1. The molecule has 0 aromatic heterocycles. The minimum Gasteiger partial charge on any atom is -0.756 e. The highest BCUT2D eigenvalue weighted by atomic mass is 31.2. The second-order valence-corrected chi connectivity index (χ2v) is 27.0. The van der Waals surface area contributed by atoms with Gasteiger partial charge in [-0.1, -0.05) is 326 Å². The van der Waals surface area contributed by atoms with Crippen LogP contribution in [-0.2, 0) is 18.4 Å². The van der Waals surface area contributed by atoms with Gasteiger partial charge in [0.15, 0.2) is 0 Å². The van der Waals surface area contributed by atoms with Crippen LogP contribution >= 0.6 is 7.82 Å². The molecule has 90 heavy (non-hydrogen) atoms. The monoisotopic (exact) mass is 1270 g/mol. The van der Waals surface area contributed by atoms with Gasteiger partial charge in [-0.2, -0.15) is 0 Å². The van der Waals surface area contributed by atoms with Crippen molar-refractivity contribution in [3.8, 4) is 0 Å². The van der Waals surface area contributed by atoms with E-state index < -0.39 is 26.6 Å². The molecule has 1 amide bonds. The first-order valence-corrected chi connectivity index (χ1v) is 38.3. The normalized spacial score (nSPS) is 14.5. The molecule has 0 saturated heterocycles. The van der Waals surface area contributed by atoms with E-state index >= 15 is 0 Å². The highest BCUT2D eigenvalue weighted by Gasteiger charge is 2.23. The van der Waals surface area contributed by atoms with E-state index in [1.54, 1.807) is 6.08 Å². The molecule has 0 fully saturated rings. The summed E-state index contributed by atoms with van der Waals surface area (Å²) in [5.74, 6) is -0.224. The Morgan fingerprint density at radius 3 is 1.03 bits per heavy atom. The molecule has 3 atom stereocenters. The summed E-state index contributed by atoms with van der Waals surface area (Å²) in [5.41, 5.74) is 0. The number of nitrogens with zero attached hydrogens (tertiary/aromatic N) is 1. The molecular weight excluding hydrogens is 1130 g/mol. The van der Waals surface area contributed by atoms with Crippen molar-refractivity contribution in [3.05, 3.63) is 158 Å². The van der Waals surface area contributed by atoms with Crippen LogP contribution in [0, 0.1) is 0 Å². The fourth-order valence-electron chi connectivity index (χ4n) is 10.0. The van der Waals surface area contributed by atoms with E-state index in [1.165, 1.54) is 154 Å². The molecule has 3 unspecified atom stereocenters. The number of allylic oxidation sites excluding steroid dienone is 25. The number of likely N-dealkylation sites (N-methyl/N-ethyl adjacent to an activating group) is 1. The topological polar surface area (TPSA) is 108 Å². The van der Waals surface area contributed by atoms with Crippen molar-refractivity contribution in [2.75, 3.05) is 40.9 Å². The van der Waals surface area contributed by atoms with Crippen LogP contribution in [0.3, 0.4) is 0 Å². The largest absolute Gasteiger partial charge is 0.756 e. The number of nitrogens with one attached hydrogen (secondary N) is 1. The number of unbranched alkanes of at least 4 members (excludes halogenated alkanes) is 29. The van der Waals surface area contributed by atoms with E-state index in [2.05, 4.69) is 165 Å². The molecule has 0 aromatic carbocycles. The predicted molar refractivity (Wildman–Crippen MR) is 394 cm³/mol. The van der Waals surface area contributed by atoms with Crippen molar-refractivity contribution in [2.45, 2.75) is 309 Å². The van der Waals surface area contributed by atoms with Crippen LogP contribution in [0.25, 0.3) is 0 Å². The van der Waals surface area contributed by atoms with Gasteiger partial charge >= 0.3 is 0 Å². The van der Waals surface area contributed by atoms with Gasteiger partial charge in [0.1, 0.15) is 13.2 Å². The van der Waals surface area contributed by atoms with Crippen LogP contribution in [0.2, 0.25) is 0 Å². The standard InChI is InChI=1S/C81H139N2O6P/c1-6-8-10-12-14-16-18-20-22-24-26-28-30-32-34-36-37-38-39-40-41-42-43-44-45-47-49-51-53-55-57-59-61-63-65-67-69-71-73-75-81(85)82-79(78-89-90(86,87)88-77-76-83(3,4)5)80(84)74-72-70-68-66-64-62-60-58-56-54-52-50-48-46-35-33-31-29-27-25-23-21-19-17-15-13-11-9-7-2/h8,10,14,16,20,22,26,28,32,34,37-38,40-41,43-44,47,49,53,55-56,58,64,66,72,74,79-80,84H,6-7,9,11-13,15,17-19,21,23-25,27,29-31,33,35-36,39,42,45-46,48,50-52,54,57,59-63,65,67-71,73,75-78H2,1-5H3,(H-,82,85,86,87)/b10-8-,16-14-,22-20-,28-26-,34-32-,38-37-,41-40-,44-43-,49-47-,55-53-,58-56+,66-64+,74-72+. The molecule has 0 bridgehead atoms. The molecule has 9 heteroatoms. The van der Waals surface area contributed by atoms with Gasteiger partial charge in [-0.25, -0.2) is 0 Å². The summed E-state index contributed by atoms with van der Waals surface area (Å²) in [6.45, 7) is 4.51. The molecule has 0 aliphatic rings.